The third-order valence-corrected chi connectivity index (χ3v) is 2.31. The van der Waals surface area contributed by atoms with Gasteiger partial charge in [0, 0.05) is 32.3 Å². The highest BCUT2D eigenvalue weighted by atomic mass is 16.4. The Balaban J connectivity index is 2.70. The van der Waals surface area contributed by atoms with Gasteiger partial charge in [-0.3, -0.25) is 9.59 Å². The predicted molar refractivity (Wildman–Crippen MR) is 61.0 cm³/mol. The van der Waals surface area contributed by atoms with Crippen molar-refractivity contribution >= 4 is 11.9 Å². The predicted octanol–water partition coefficient (Wildman–Crippen LogP) is 0.0727. The van der Waals surface area contributed by atoms with Crippen LogP contribution in [-0.2, 0) is 11.3 Å². The molecule has 0 aliphatic rings. The number of aromatic carboxylic acids is 1. The molecular weight excluding hydrogens is 224 g/mol. The Bertz CT molecular complexity index is 479. The van der Waals surface area contributed by atoms with E-state index in [1.165, 1.54) is 22.9 Å². The van der Waals surface area contributed by atoms with Crippen molar-refractivity contribution < 1.29 is 14.7 Å². The SMILES string of the molecule is CNC(=O)CCCn1cc(C(=O)O)ccc1=O. The molecule has 0 aliphatic heterocycles. The molecule has 1 amide bonds. The van der Waals surface area contributed by atoms with Gasteiger partial charge in [0.25, 0.3) is 5.56 Å². The Morgan fingerprint density at radius 2 is 2.12 bits per heavy atom. The monoisotopic (exact) mass is 238 g/mol. The summed E-state index contributed by atoms with van der Waals surface area (Å²) in [5.41, 5.74) is -0.212. The molecule has 6 heteroatoms. The van der Waals surface area contributed by atoms with Crippen LogP contribution in [0.3, 0.4) is 0 Å². The summed E-state index contributed by atoms with van der Waals surface area (Å²) >= 11 is 0. The van der Waals surface area contributed by atoms with Crippen molar-refractivity contribution in [1.82, 2.24) is 9.88 Å². The van der Waals surface area contributed by atoms with Crippen LogP contribution in [0.1, 0.15) is 23.2 Å². The number of nitrogens with zero attached hydrogens (tertiary/aromatic N) is 1. The van der Waals surface area contributed by atoms with E-state index in [9.17, 15) is 14.4 Å². The third-order valence-electron chi connectivity index (χ3n) is 2.31. The number of aryl methyl sites for hydroxylation is 1. The van der Waals surface area contributed by atoms with Crippen LogP contribution in [0.15, 0.2) is 23.1 Å². The van der Waals surface area contributed by atoms with E-state index in [0.717, 1.165) is 0 Å². The third kappa shape index (κ3) is 3.75. The Morgan fingerprint density at radius 3 is 2.71 bits per heavy atom. The van der Waals surface area contributed by atoms with Crippen molar-refractivity contribution in [1.29, 1.82) is 0 Å². The zero-order chi connectivity index (χ0) is 12.8. The van der Waals surface area contributed by atoms with Gasteiger partial charge in [-0.05, 0) is 12.5 Å². The lowest BCUT2D eigenvalue weighted by molar-refractivity contribution is -0.120. The molecule has 1 heterocycles. The van der Waals surface area contributed by atoms with Gasteiger partial charge in [-0.2, -0.15) is 0 Å². The summed E-state index contributed by atoms with van der Waals surface area (Å²) in [5.74, 6) is -1.18. The maximum Gasteiger partial charge on any atom is 0.337 e. The van der Waals surface area contributed by atoms with Crippen LogP contribution in [0.5, 0.6) is 0 Å². The number of rotatable bonds is 5. The van der Waals surface area contributed by atoms with Crippen molar-refractivity contribution in [2.24, 2.45) is 0 Å². The zero-order valence-corrected chi connectivity index (χ0v) is 9.47. The van der Waals surface area contributed by atoms with Crippen molar-refractivity contribution in [3.8, 4) is 0 Å². The maximum absolute atomic E-state index is 11.4. The van der Waals surface area contributed by atoms with E-state index in [1.807, 2.05) is 0 Å². The molecule has 92 valence electrons. The number of aromatic nitrogens is 1. The van der Waals surface area contributed by atoms with Crippen LogP contribution in [0.25, 0.3) is 0 Å². The van der Waals surface area contributed by atoms with E-state index in [2.05, 4.69) is 5.32 Å². The van der Waals surface area contributed by atoms with Gasteiger partial charge in [0.2, 0.25) is 5.91 Å². The minimum Gasteiger partial charge on any atom is -0.478 e. The highest BCUT2D eigenvalue weighted by Crippen LogP contribution is 1.98. The van der Waals surface area contributed by atoms with Crippen LogP contribution in [0.4, 0.5) is 0 Å². The molecule has 1 aromatic rings. The molecule has 0 atom stereocenters. The number of carbonyl (C=O) groups excluding carboxylic acids is 1. The fourth-order valence-corrected chi connectivity index (χ4v) is 1.37. The first-order valence-electron chi connectivity index (χ1n) is 5.19. The average Bonchev–Trinajstić information content (AvgIpc) is 2.30. The molecule has 0 fully saturated rings. The largest absolute Gasteiger partial charge is 0.478 e. The molecule has 0 radical (unpaired) electrons. The smallest absolute Gasteiger partial charge is 0.337 e. The topological polar surface area (TPSA) is 88.4 Å². The summed E-state index contributed by atoms with van der Waals surface area (Å²) < 4.78 is 1.30. The quantitative estimate of drug-likeness (QED) is 0.760. The summed E-state index contributed by atoms with van der Waals surface area (Å²) in [7, 11) is 1.54. The van der Waals surface area contributed by atoms with Crippen molar-refractivity contribution in [3.63, 3.8) is 0 Å². The lowest BCUT2D eigenvalue weighted by Crippen LogP contribution is -2.22. The molecule has 0 saturated carbocycles. The van der Waals surface area contributed by atoms with Crippen LogP contribution in [-0.4, -0.2) is 28.6 Å². The van der Waals surface area contributed by atoms with Gasteiger partial charge in [0.1, 0.15) is 0 Å². The standard InChI is InChI=1S/C11H14N2O4/c1-12-9(14)3-2-6-13-7-8(11(16)17)4-5-10(13)15/h4-5,7H,2-3,6H2,1H3,(H,12,14)(H,16,17). The summed E-state index contributed by atoms with van der Waals surface area (Å²) in [6, 6.07) is 2.48. The lowest BCUT2D eigenvalue weighted by Gasteiger charge is -2.05. The van der Waals surface area contributed by atoms with Crippen molar-refractivity contribution in [3.05, 3.63) is 34.2 Å². The Labute approximate surface area is 97.9 Å². The molecule has 0 unspecified atom stereocenters. The van der Waals surface area contributed by atoms with E-state index < -0.39 is 5.97 Å². The number of hydrogen-bond donors (Lipinski definition) is 2. The first-order valence-corrected chi connectivity index (χ1v) is 5.19. The van der Waals surface area contributed by atoms with Gasteiger partial charge in [0.15, 0.2) is 0 Å². The van der Waals surface area contributed by atoms with E-state index in [4.69, 9.17) is 5.11 Å². The number of nitrogens with one attached hydrogen (secondary N) is 1. The molecule has 0 spiro atoms. The molecule has 1 aromatic heterocycles. The van der Waals surface area contributed by atoms with Crippen molar-refractivity contribution in [2.75, 3.05) is 7.05 Å². The van der Waals surface area contributed by atoms with Gasteiger partial charge in [-0.1, -0.05) is 0 Å². The fraction of sp³-hybridized carbons (Fsp3) is 0.364. The van der Waals surface area contributed by atoms with Crippen LogP contribution >= 0.6 is 0 Å². The molecular formula is C11H14N2O4. The summed E-state index contributed by atoms with van der Waals surface area (Å²) in [4.78, 5) is 33.1. The maximum atomic E-state index is 11.4. The normalized spacial score (nSPS) is 9.94. The average molecular weight is 238 g/mol. The summed E-state index contributed by atoms with van der Waals surface area (Å²) in [6.07, 6.45) is 2.08. The second kappa shape index (κ2) is 5.83. The Hall–Kier alpha value is -2.11. The first-order chi connectivity index (χ1) is 8.04. The van der Waals surface area contributed by atoms with Gasteiger partial charge < -0.3 is 15.0 Å². The molecule has 6 nitrogen and oxygen atoms in total. The van der Waals surface area contributed by atoms with Gasteiger partial charge in [-0.15, -0.1) is 0 Å². The number of hydrogen-bond acceptors (Lipinski definition) is 3. The number of carboxylic acid groups (broad SMARTS) is 1. The number of carboxylic acids is 1. The first kappa shape index (κ1) is 13.0. The molecule has 17 heavy (non-hydrogen) atoms. The lowest BCUT2D eigenvalue weighted by atomic mass is 10.2. The van der Waals surface area contributed by atoms with E-state index in [0.29, 0.717) is 19.4 Å². The van der Waals surface area contributed by atoms with E-state index in [-0.39, 0.29) is 17.0 Å². The highest BCUT2D eigenvalue weighted by Gasteiger charge is 2.05. The zero-order valence-electron chi connectivity index (χ0n) is 9.47. The minimum atomic E-state index is -1.08. The summed E-state index contributed by atoms with van der Waals surface area (Å²) in [5, 5.41) is 11.2. The number of carbonyl (C=O) groups is 2. The van der Waals surface area contributed by atoms with E-state index >= 15 is 0 Å². The van der Waals surface area contributed by atoms with Crippen LogP contribution in [0, 0.1) is 0 Å². The van der Waals surface area contributed by atoms with Gasteiger partial charge in [0.05, 0.1) is 5.56 Å². The molecule has 2 N–H and O–H groups in total. The van der Waals surface area contributed by atoms with E-state index in [1.54, 1.807) is 7.05 Å². The van der Waals surface area contributed by atoms with Crippen LogP contribution < -0.4 is 10.9 Å². The second-order valence-corrected chi connectivity index (χ2v) is 3.53. The minimum absolute atomic E-state index is 0.0598. The Morgan fingerprint density at radius 1 is 1.41 bits per heavy atom. The van der Waals surface area contributed by atoms with Gasteiger partial charge >= 0.3 is 5.97 Å². The molecule has 1 rings (SSSR count). The van der Waals surface area contributed by atoms with Crippen LogP contribution in [0.2, 0.25) is 0 Å². The molecule has 0 bridgehead atoms. The molecule has 0 saturated heterocycles. The molecule has 0 aliphatic carbocycles. The summed E-state index contributed by atoms with van der Waals surface area (Å²) in [6.45, 7) is 0.327. The number of pyridine rings is 1. The van der Waals surface area contributed by atoms with Gasteiger partial charge in [-0.25, -0.2) is 4.79 Å². The fourth-order valence-electron chi connectivity index (χ4n) is 1.37. The van der Waals surface area contributed by atoms with Crippen molar-refractivity contribution in [2.45, 2.75) is 19.4 Å². The number of amides is 1. The highest BCUT2D eigenvalue weighted by molar-refractivity contribution is 5.87. The Kier molecular flexibility index (Phi) is 4.45. The molecule has 0 aromatic carbocycles. The second-order valence-electron chi connectivity index (χ2n) is 3.53.